The van der Waals surface area contributed by atoms with Gasteiger partial charge in [0.1, 0.15) is 15.9 Å². The Kier molecular flexibility index (Phi) is 4.46. The summed E-state index contributed by atoms with van der Waals surface area (Å²) in [4.78, 5) is 8.83. The molecule has 0 saturated heterocycles. The zero-order valence-corrected chi connectivity index (χ0v) is 12.3. The van der Waals surface area contributed by atoms with Gasteiger partial charge in [-0.1, -0.05) is 49.4 Å². The molecule has 1 aromatic heterocycles. The first-order valence-corrected chi connectivity index (χ1v) is 7.16. The highest BCUT2D eigenvalue weighted by molar-refractivity contribution is 6.34. The average molecular weight is 289 g/mol. The first-order valence-electron chi connectivity index (χ1n) is 6.40. The maximum absolute atomic E-state index is 6.18. The minimum absolute atomic E-state index is 0.405. The fraction of sp³-hybridized carbons (Fsp3) is 0.692. The summed E-state index contributed by atoms with van der Waals surface area (Å²) in [5, 5.41) is 0.906. The van der Waals surface area contributed by atoms with Crippen molar-refractivity contribution < 1.29 is 4.74 Å². The van der Waals surface area contributed by atoms with E-state index >= 15 is 0 Å². The predicted octanol–water partition coefficient (Wildman–Crippen LogP) is 4.15. The molecule has 1 heterocycles. The fourth-order valence-electron chi connectivity index (χ4n) is 2.57. The quantitative estimate of drug-likeness (QED) is 0.784. The Balaban J connectivity index is 2.43. The molecule has 1 aliphatic rings. The van der Waals surface area contributed by atoms with Crippen LogP contribution >= 0.6 is 23.2 Å². The number of aromatic nitrogens is 2. The van der Waals surface area contributed by atoms with Crippen LogP contribution in [0.4, 0.5) is 0 Å². The van der Waals surface area contributed by atoms with Crippen LogP contribution in [0.2, 0.25) is 10.3 Å². The summed E-state index contributed by atoms with van der Waals surface area (Å²) in [6.45, 7) is 1.99. The molecule has 0 bridgehead atoms. The van der Waals surface area contributed by atoms with E-state index in [1.807, 2.05) is 6.92 Å². The molecule has 2 rings (SSSR count). The van der Waals surface area contributed by atoms with Crippen molar-refractivity contribution in [2.45, 2.75) is 51.0 Å². The molecule has 0 aromatic carbocycles. The second-order valence-corrected chi connectivity index (χ2v) is 5.44. The smallest absolute Gasteiger partial charge is 0.163 e. The number of hydrogen-bond donors (Lipinski definition) is 0. The summed E-state index contributed by atoms with van der Waals surface area (Å²) in [5.74, 6) is 0.636. The highest BCUT2D eigenvalue weighted by Gasteiger charge is 2.37. The van der Waals surface area contributed by atoms with Crippen molar-refractivity contribution in [1.29, 1.82) is 0 Å². The Morgan fingerprint density at radius 1 is 1.11 bits per heavy atom. The lowest BCUT2D eigenvalue weighted by Gasteiger charge is -2.34. The van der Waals surface area contributed by atoms with Gasteiger partial charge in [0.05, 0.1) is 0 Å². The summed E-state index contributed by atoms with van der Waals surface area (Å²) >= 11 is 12.4. The zero-order valence-electron chi connectivity index (χ0n) is 10.8. The fourth-order valence-corrected chi connectivity index (χ4v) is 3.22. The molecule has 0 unspecified atom stereocenters. The summed E-state index contributed by atoms with van der Waals surface area (Å²) in [7, 11) is 1.71. The Labute approximate surface area is 118 Å². The molecule has 1 fully saturated rings. The van der Waals surface area contributed by atoms with Crippen LogP contribution in [0.1, 0.15) is 50.4 Å². The molecule has 0 spiro atoms. The third-order valence-electron chi connectivity index (χ3n) is 3.72. The molecule has 5 heteroatoms. The summed E-state index contributed by atoms with van der Waals surface area (Å²) < 4.78 is 5.71. The number of nitrogens with zero attached hydrogens (tertiary/aromatic N) is 2. The lowest BCUT2D eigenvalue weighted by Crippen LogP contribution is -2.33. The van der Waals surface area contributed by atoms with Crippen molar-refractivity contribution in [1.82, 2.24) is 9.97 Å². The standard InChI is InChI=1S/C13H18Cl2N2O/c1-3-9-10(14)16-12(17-11(9)15)13(18-2)7-5-4-6-8-13/h3-8H2,1-2H3. The molecule has 0 atom stereocenters. The number of halogens is 2. The first-order chi connectivity index (χ1) is 8.63. The van der Waals surface area contributed by atoms with E-state index in [-0.39, 0.29) is 0 Å². The van der Waals surface area contributed by atoms with E-state index in [2.05, 4.69) is 9.97 Å². The van der Waals surface area contributed by atoms with Crippen LogP contribution < -0.4 is 0 Å². The third-order valence-corrected chi connectivity index (χ3v) is 4.34. The van der Waals surface area contributed by atoms with Crippen molar-refractivity contribution in [3.63, 3.8) is 0 Å². The van der Waals surface area contributed by atoms with Crippen molar-refractivity contribution >= 4 is 23.2 Å². The second-order valence-electron chi connectivity index (χ2n) is 4.72. The number of hydrogen-bond acceptors (Lipinski definition) is 3. The van der Waals surface area contributed by atoms with E-state index in [1.165, 1.54) is 6.42 Å². The maximum atomic E-state index is 6.18. The number of ether oxygens (including phenoxy) is 1. The van der Waals surface area contributed by atoms with Crippen LogP contribution in [0.3, 0.4) is 0 Å². The molecule has 1 aliphatic carbocycles. The zero-order chi connectivity index (χ0) is 13.2. The van der Waals surface area contributed by atoms with Crippen LogP contribution in [0.25, 0.3) is 0 Å². The maximum Gasteiger partial charge on any atom is 0.163 e. The van der Waals surface area contributed by atoms with Gasteiger partial charge in [-0.2, -0.15) is 0 Å². The van der Waals surface area contributed by atoms with Crippen LogP contribution in [0, 0.1) is 0 Å². The Hall–Kier alpha value is -0.380. The molecule has 3 nitrogen and oxygen atoms in total. The molecule has 0 amide bonds. The number of rotatable bonds is 3. The largest absolute Gasteiger partial charge is 0.370 e. The van der Waals surface area contributed by atoms with Crippen LogP contribution in [-0.4, -0.2) is 17.1 Å². The second kappa shape index (κ2) is 5.72. The molecule has 1 saturated carbocycles. The minimum atomic E-state index is -0.405. The normalized spacial score (nSPS) is 18.9. The minimum Gasteiger partial charge on any atom is -0.370 e. The first kappa shape index (κ1) is 14.0. The van der Waals surface area contributed by atoms with Gasteiger partial charge >= 0.3 is 0 Å². The van der Waals surface area contributed by atoms with Gasteiger partial charge in [0.15, 0.2) is 5.82 Å². The van der Waals surface area contributed by atoms with E-state index < -0.39 is 5.60 Å². The van der Waals surface area contributed by atoms with E-state index in [4.69, 9.17) is 27.9 Å². The molecular weight excluding hydrogens is 271 g/mol. The van der Waals surface area contributed by atoms with Crippen LogP contribution in [0.5, 0.6) is 0 Å². The third kappa shape index (κ3) is 2.49. The Morgan fingerprint density at radius 3 is 2.11 bits per heavy atom. The molecule has 1 aromatic rings. The molecule has 0 radical (unpaired) electrons. The summed E-state index contributed by atoms with van der Waals surface area (Å²) in [5.41, 5.74) is 0.404. The predicted molar refractivity (Wildman–Crippen MR) is 73.2 cm³/mol. The van der Waals surface area contributed by atoms with Gasteiger partial charge in [-0.3, -0.25) is 0 Å². The average Bonchev–Trinajstić information content (AvgIpc) is 2.39. The topological polar surface area (TPSA) is 35.0 Å². The van der Waals surface area contributed by atoms with E-state index in [1.54, 1.807) is 7.11 Å². The van der Waals surface area contributed by atoms with Gasteiger partial charge in [-0.25, -0.2) is 9.97 Å². The van der Waals surface area contributed by atoms with Gasteiger partial charge in [0, 0.05) is 12.7 Å². The monoisotopic (exact) mass is 288 g/mol. The number of methoxy groups -OCH3 is 1. The van der Waals surface area contributed by atoms with Gasteiger partial charge in [0.25, 0.3) is 0 Å². The molecule has 0 aliphatic heterocycles. The SMILES string of the molecule is CCc1c(Cl)nc(C2(OC)CCCCC2)nc1Cl. The van der Waals surface area contributed by atoms with Crippen LogP contribution in [-0.2, 0) is 16.8 Å². The molecule has 0 N–H and O–H groups in total. The lowest BCUT2D eigenvalue weighted by atomic mass is 9.84. The summed E-state index contributed by atoms with van der Waals surface area (Å²) in [6.07, 6.45) is 6.09. The highest BCUT2D eigenvalue weighted by atomic mass is 35.5. The van der Waals surface area contributed by atoms with Gasteiger partial charge < -0.3 is 4.74 Å². The van der Waals surface area contributed by atoms with Crippen molar-refractivity contribution in [3.8, 4) is 0 Å². The summed E-state index contributed by atoms with van der Waals surface area (Å²) in [6, 6.07) is 0. The van der Waals surface area contributed by atoms with Crippen molar-refractivity contribution in [3.05, 3.63) is 21.7 Å². The van der Waals surface area contributed by atoms with E-state index in [9.17, 15) is 0 Å². The molecule has 100 valence electrons. The van der Waals surface area contributed by atoms with Gasteiger partial charge in [0.2, 0.25) is 0 Å². The van der Waals surface area contributed by atoms with Gasteiger partial charge in [-0.15, -0.1) is 0 Å². The Morgan fingerprint density at radius 2 is 1.67 bits per heavy atom. The highest BCUT2D eigenvalue weighted by Crippen LogP contribution is 2.39. The lowest BCUT2D eigenvalue weighted by molar-refractivity contribution is -0.0515. The molecular formula is C13H18Cl2N2O. The van der Waals surface area contributed by atoms with Gasteiger partial charge in [-0.05, 0) is 19.3 Å². The Bertz CT molecular complexity index is 408. The van der Waals surface area contributed by atoms with E-state index in [0.29, 0.717) is 16.1 Å². The van der Waals surface area contributed by atoms with Crippen LogP contribution in [0.15, 0.2) is 0 Å². The molecule has 18 heavy (non-hydrogen) atoms. The van der Waals surface area contributed by atoms with E-state index in [0.717, 1.165) is 37.7 Å². The van der Waals surface area contributed by atoms with Crippen molar-refractivity contribution in [2.75, 3.05) is 7.11 Å². The van der Waals surface area contributed by atoms with Crippen molar-refractivity contribution in [2.24, 2.45) is 0 Å².